The van der Waals surface area contributed by atoms with Crippen molar-refractivity contribution in [3.63, 3.8) is 0 Å². The monoisotopic (exact) mass is 233 g/mol. The van der Waals surface area contributed by atoms with Crippen molar-refractivity contribution in [3.05, 3.63) is 5.82 Å². The maximum atomic E-state index is 4.07. The molecule has 0 N–H and O–H groups in total. The Morgan fingerprint density at radius 3 is 2.83 bits per heavy atom. The van der Waals surface area contributed by atoms with Crippen molar-refractivity contribution in [1.29, 1.82) is 0 Å². The number of alkyl halides is 1. The summed E-state index contributed by atoms with van der Waals surface area (Å²) in [6, 6.07) is 0. The highest BCUT2D eigenvalue weighted by molar-refractivity contribution is 9.09. The van der Waals surface area contributed by atoms with E-state index in [1.165, 1.54) is 4.80 Å². The molecule has 0 saturated heterocycles. The van der Waals surface area contributed by atoms with Gasteiger partial charge in [0.2, 0.25) is 0 Å². The topological polar surface area (TPSA) is 46.8 Å². The van der Waals surface area contributed by atoms with Crippen molar-refractivity contribution in [2.75, 3.05) is 18.9 Å². The standard InChI is InChI=1S/C6H12BrN5/c1-11(4-3-7)5-6-8-10-12(2)9-6/h3-5H2,1-2H3. The normalized spacial score (nSPS) is 11.0. The zero-order valence-electron chi connectivity index (χ0n) is 7.24. The molecule has 0 radical (unpaired) electrons. The van der Waals surface area contributed by atoms with Crippen LogP contribution in [0.2, 0.25) is 0 Å². The molecule has 0 aromatic carbocycles. The van der Waals surface area contributed by atoms with Gasteiger partial charge in [0.25, 0.3) is 0 Å². The first-order chi connectivity index (χ1) is 5.72. The Morgan fingerprint density at radius 1 is 1.58 bits per heavy atom. The third-order valence-corrected chi connectivity index (χ3v) is 1.78. The molecule has 0 aliphatic heterocycles. The van der Waals surface area contributed by atoms with E-state index in [2.05, 4.69) is 36.2 Å². The minimum Gasteiger partial charge on any atom is -0.298 e. The lowest BCUT2D eigenvalue weighted by atomic mass is 10.5. The van der Waals surface area contributed by atoms with E-state index < -0.39 is 0 Å². The molecule has 0 spiro atoms. The molecule has 5 nitrogen and oxygen atoms in total. The Kier molecular flexibility index (Phi) is 3.61. The molecule has 6 heteroatoms. The number of tetrazole rings is 1. The van der Waals surface area contributed by atoms with Crippen LogP contribution < -0.4 is 0 Å². The maximum Gasteiger partial charge on any atom is 0.188 e. The molecule has 0 aliphatic rings. The van der Waals surface area contributed by atoms with Gasteiger partial charge in [0.1, 0.15) is 0 Å². The summed E-state index contributed by atoms with van der Waals surface area (Å²) in [4.78, 5) is 3.60. The van der Waals surface area contributed by atoms with Gasteiger partial charge in [-0.3, -0.25) is 4.90 Å². The fraction of sp³-hybridized carbons (Fsp3) is 0.833. The summed E-state index contributed by atoms with van der Waals surface area (Å²) in [5.41, 5.74) is 0. The lowest BCUT2D eigenvalue weighted by Gasteiger charge is -2.10. The van der Waals surface area contributed by atoms with Crippen molar-refractivity contribution in [2.24, 2.45) is 7.05 Å². The summed E-state index contributed by atoms with van der Waals surface area (Å²) in [5.74, 6) is 0.765. The van der Waals surface area contributed by atoms with Gasteiger partial charge in [-0.15, -0.1) is 10.2 Å². The highest BCUT2D eigenvalue weighted by Crippen LogP contribution is 1.94. The smallest absolute Gasteiger partial charge is 0.188 e. The van der Waals surface area contributed by atoms with Gasteiger partial charge in [-0.2, -0.15) is 4.80 Å². The summed E-state index contributed by atoms with van der Waals surface area (Å²) in [6.07, 6.45) is 0. The Hall–Kier alpha value is -0.490. The van der Waals surface area contributed by atoms with Crippen molar-refractivity contribution in [1.82, 2.24) is 25.1 Å². The van der Waals surface area contributed by atoms with Crippen molar-refractivity contribution >= 4 is 15.9 Å². The van der Waals surface area contributed by atoms with Gasteiger partial charge >= 0.3 is 0 Å². The number of aromatic nitrogens is 4. The van der Waals surface area contributed by atoms with Crippen LogP contribution in [0.4, 0.5) is 0 Å². The molecule has 1 heterocycles. The largest absolute Gasteiger partial charge is 0.298 e. The van der Waals surface area contributed by atoms with Crippen LogP contribution in [0.15, 0.2) is 0 Å². The minimum absolute atomic E-state index is 0.749. The van der Waals surface area contributed by atoms with Gasteiger partial charge in [0.15, 0.2) is 5.82 Å². The van der Waals surface area contributed by atoms with Crippen molar-refractivity contribution in [2.45, 2.75) is 6.54 Å². The lowest BCUT2D eigenvalue weighted by molar-refractivity contribution is 0.339. The third-order valence-electron chi connectivity index (χ3n) is 1.43. The van der Waals surface area contributed by atoms with Crippen LogP contribution in [-0.4, -0.2) is 44.0 Å². The summed E-state index contributed by atoms with van der Waals surface area (Å²) >= 11 is 3.37. The zero-order chi connectivity index (χ0) is 8.97. The molecular weight excluding hydrogens is 222 g/mol. The molecule has 1 aromatic heterocycles. The van der Waals surface area contributed by atoms with Crippen LogP contribution in [0.25, 0.3) is 0 Å². The van der Waals surface area contributed by atoms with E-state index in [0.29, 0.717) is 0 Å². The second kappa shape index (κ2) is 4.51. The van der Waals surface area contributed by atoms with E-state index in [9.17, 15) is 0 Å². The number of rotatable bonds is 4. The molecule has 12 heavy (non-hydrogen) atoms. The van der Waals surface area contributed by atoms with Gasteiger partial charge in [-0.05, 0) is 12.3 Å². The predicted octanol–water partition coefficient (Wildman–Crippen LogP) is 0.0368. The lowest BCUT2D eigenvalue weighted by Crippen LogP contribution is -2.20. The SMILES string of the molecule is CN(CCBr)Cc1nnn(C)n1. The fourth-order valence-electron chi connectivity index (χ4n) is 0.851. The van der Waals surface area contributed by atoms with Gasteiger partial charge in [0.05, 0.1) is 13.6 Å². The first-order valence-corrected chi connectivity index (χ1v) is 4.82. The molecule has 0 unspecified atom stereocenters. The molecular formula is C6H12BrN5. The first-order valence-electron chi connectivity index (χ1n) is 3.69. The molecule has 0 saturated carbocycles. The molecule has 0 fully saturated rings. The number of aryl methyl sites for hydroxylation is 1. The molecule has 0 amide bonds. The van der Waals surface area contributed by atoms with Gasteiger partial charge in [-0.25, -0.2) is 0 Å². The summed E-state index contributed by atoms with van der Waals surface area (Å²) in [5, 5.41) is 12.7. The second-order valence-corrected chi connectivity index (χ2v) is 3.41. The first kappa shape index (κ1) is 9.60. The number of hydrogen-bond acceptors (Lipinski definition) is 4. The number of halogens is 1. The third kappa shape index (κ3) is 2.86. The van der Waals surface area contributed by atoms with E-state index in [1.807, 2.05) is 7.05 Å². The van der Waals surface area contributed by atoms with Gasteiger partial charge < -0.3 is 0 Å². The Bertz CT molecular complexity index is 236. The average Bonchev–Trinajstić information content (AvgIpc) is 2.36. The number of nitrogens with zero attached hydrogens (tertiary/aromatic N) is 5. The Labute approximate surface area is 79.9 Å². The quantitative estimate of drug-likeness (QED) is 0.690. The molecule has 68 valence electrons. The molecule has 1 aromatic rings. The highest BCUT2D eigenvalue weighted by Gasteiger charge is 2.03. The average molecular weight is 234 g/mol. The van der Waals surface area contributed by atoms with Crippen LogP contribution in [0, 0.1) is 0 Å². The fourth-order valence-corrected chi connectivity index (χ4v) is 1.46. The van der Waals surface area contributed by atoms with E-state index in [-0.39, 0.29) is 0 Å². The van der Waals surface area contributed by atoms with Crippen LogP contribution in [0.5, 0.6) is 0 Å². The van der Waals surface area contributed by atoms with Gasteiger partial charge in [-0.1, -0.05) is 15.9 Å². The number of hydrogen-bond donors (Lipinski definition) is 0. The predicted molar refractivity (Wildman–Crippen MR) is 48.9 cm³/mol. The van der Waals surface area contributed by atoms with E-state index >= 15 is 0 Å². The zero-order valence-corrected chi connectivity index (χ0v) is 8.82. The molecule has 0 aliphatic carbocycles. The van der Waals surface area contributed by atoms with E-state index in [1.54, 1.807) is 7.05 Å². The van der Waals surface area contributed by atoms with E-state index in [0.717, 1.165) is 24.2 Å². The van der Waals surface area contributed by atoms with Crippen molar-refractivity contribution in [3.8, 4) is 0 Å². The van der Waals surface area contributed by atoms with Crippen LogP contribution in [-0.2, 0) is 13.6 Å². The van der Waals surface area contributed by atoms with Crippen molar-refractivity contribution < 1.29 is 0 Å². The molecule has 0 atom stereocenters. The molecule has 1 rings (SSSR count). The van der Waals surface area contributed by atoms with E-state index in [4.69, 9.17) is 0 Å². The van der Waals surface area contributed by atoms with Gasteiger partial charge in [0, 0.05) is 11.9 Å². The minimum atomic E-state index is 0.749. The summed E-state index contributed by atoms with van der Waals surface area (Å²) < 4.78 is 0. The molecule has 0 bridgehead atoms. The highest BCUT2D eigenvalue weighted by atomic mass is 79.9. The van der Waals surface area contributed by atoms with Crippen LogP contribution in [0.3, 0.4) is 0 Å². The summed E-state index contributed by atoms with van der Waals surface area (Å²) in [6.45, 7) is 1.73. The second-order valence-electron chi connectivity index (χ2n) is 2.62. The Morgan fingerprint density at radius 2 is 2.33 bits per heavy atom. The Balaban J connectivity index is 2.41. The maximum absolute atomic E-state index is 4.07. The van der Waals surface area contributed by atoms with Crippen LogP contribution in [0.1, 0.15) is 5.82 Å². The van der Waals surface area contributed by atoms with Crippen LogP contribution >= 0.6 is 15.9 Å². The summed E-state index contributed by atoms with van der Waals surface area (Å²) in [7, 11) is 3.79.